The average Bonchev–Trinajstić information content (AvgIpc) is 2.72. The van der Waals surface area contributed by atoms with Gasteiger partial charge in [-0.1, -0.05) is 37.1 Å². The summed E-state index contributed by atoms with van der Waals surface area (Å²) in [7, 11) is 0. The van der Waals surface area contributed by atoms with Crippen molar-refractivity contribution in [1.29, 1.82) is 0 Å². The number of aryl methyl sites for hydroxylation is 1. The number of hydrogen-bond donors (Lipinski definition) is 2. The first-order valence-electron chi connectivity index (χ1n) is 10.1. The molecule has 0 radical (unpaired) electrons. The number of nitrogens with one attached hydrogen (secondary N) is 2. The molecule has 2 rings (SSSR count). The zero-order chi connectivity index (χ0) is 21.8. The Bertz CT molecular complexity index is 853. The van der Waals surface area contributed by atoms with Crippen LogP contribution in [0.1, 0.15) is 48.5 Å². The molecule has 0 unspecified atom stereocenters. The van der Waals surface area contributed by atoms with Crippen molar-refractivity contribution in [3.63, 3.8) is 0 Å². The second kappa shape index (κ2) is 12.6. The fourth-order valence-electron chi connectivity index (χ4n) is 2.53. The van der Waals surface area contributed by atoms with E-state index in [1.54, 1.807) is 24.3 Å². The van der Waals surface area contributed by atoms with Crippen molar-refractivity contribution in [1.82, 2.24) is 5.32 Å². The summed E-state index contributed by atoms with van der Waals surface area (Å²) in [5, 5.41) is 5.73. The predicted molar refractivity (Wildman–Crippen MR) is 122 cm³/mol. The Kier molecular flexibility index (Phi) is 9.80. The van der Waals surface area contributed by atoms with Gasteiger partial charge in [-0.3, -0.25) is 4.79 Å². The Morgan fingerprint density at radius 1 is 1.03 bits per heavy atom. The highest BCUT2D eigenvalue weighted by atomic mass is 32.1. The number of rotatable bonds is 10. The van der Waals surface area contributed by atoms with Crippen LogP contribution in [0.15, 0.2) is 48.5 Å². The SMILES string of the molecule is CCCCOC(=O)c1cccc(NC(=S)NC(=O)CCCOc2ccc(C)cc2)c1. The molecule has 0 heterocycles. The lowest BCUT2D eigenvalue weighted by Gasteiger charge is -2.11. The van der Waals surface area contributed by atoms with Gasteiger partial charge in [-0.05, 0) is 62.3 Å². The number of esters is 1. The van der Waals surface area contributed by atoms with E-state index >= 15 is 0 Å². The molecule has 0 spiro atoms. The van der Waals surface area contributed by atoms with Crippen LogP contribution in [0.5, 0.6) is 5.75 Å². The van der Waals surface area contributed by atoms with E-state index in [4.69, 9.17) is 21.7 Å². The molecule has 0 aliphatic heterocycles. The monoisotopic (exact) mass is 428 g/mol. The third kappa shape index (κ3) is 8.61. The van der Waals surface area contributed by atoms with Gasteiger partial charge in [0, 0.05) is 12.1 Å². The molecule has 2 aromatic carbocycles. The number of unbranched alkanes of at least 4 members (excludes halogenated alkanes) is 1. The van der Waals surface area contributed by atoms with Crippen molar-refractivity contribution in [3.8, 4) is 5.75 Å². The van der Waals surface area contributed by atoms with Gasteiger partial charge in [0.15, 0.2) is 5.11 Å². The van der Waals surface area contributed by atoms with Gasteiger partial charge >= 0.3 is 5.97 Å². The summed E-state index contributed by atoms with van der Waals surface area (Å²) in [6.45, 7) is 4.89. The molecule has 0 bridgehead atoms. The van der Waals surface area contributed by atoms with Gasteiger partial charge in [0.25, 0.3) is 0 Å². The van der Waals surface area contributed by atoms with E-state index in [9.17, 15) is 9.59 Å². The first-order chi connectivity index (χ1) is 14.5. The summed E-state index contributed by atoms with van der Waals surface area (Å²) in [5.74, 6) is 0.206. The lowest BCUT2D eigenvalue weighted by Crippen LogP contribution is -2.34. The molecule has 7 heteroatoms. The van der Waals surface area contributed by atoms with E-state index in [0.29, 0.717) is 30.9 Å². The van der Waals surface area contributed by atoms with Crippen molar-refractivity contribution < 1.29 is 19.1 Å². The second-order valence-corrected chi connectivity index (χ2v) is 7.25. The van der Waals surface area contributed by atoms with Crippen LogP contribution in [-0.2, 0) is 9.53 Å². The average molecular weight is 429 g/mol. The van der Waals surface area contributed by atoms with Gasteiger partial charge in [-0.25, -0.2) is 4.79 Å². The van der Waals surface area contributed by atoms with Gasteiger partial charge in [-0.15, -0.1) is 0 Å². The largest absolute Gasteiger partial charge is 0.494 e. The third-order valence-corrected chi connectivity index (χ3v) is 4.38. The standard InChI is InChI=1S/C23H28N2O4S/c1-3-4-14-29-22(27)18-7-5-8-19(16-18)24-23(30)25-21(26)9-6-15-28-20-12-10-17(2)11-13-20/h5,7-8,10-13,16H,3-4,6,9,14-15H2,1-2H3,(H2,24,25,26,30). The predicted octanol–water partition coefficient (Wildman–Crippen LogP) is 4.62. The van der Waals surface area contributed by atoms with E-state index in [1.165, 1.54) is 5.56 Å². The van der Waals surface area contributed by atoms with Crippen LogP contribution in [0, 0.1) is 6.92 Å². The smallest absolute Gasteiger partial charge is 0.338 e. The van der Waals surface area contributed by atoms with E-state index in [0.717, 1.165) is 18.6 Å². The number of anilines is 1. The number of thiocarbonyl (C=S) groups is 1. The van der Waals surface area contributed by atoms with E-state index < -0.39 is 0 Å². The Morgan fingerprint density at radius 3 is 2.53 bits per heavy atom. The minimum absolute atomic E-state index is 0.177. The topological polar surface area (TPSA) is 76.7 Å². The zero-order valence-electron chi connectivity index (χ0n) is 17.4. The van der Waals surface area contributed by atoms with Crippen molar-refractivity contribution in [3.05, 3.63) is 59.7 Å². The highest BCUT2D eigenvalue weighted by Crippen LogP contribution is 2.13. The molecule has 0 atom stereocenters. The molecule has 0 fully saturated rings. The summed E-state index contributed by atoms with van der Waals surface area (Å²) >= 11 is 5.18. The van der Waals surface area contributed by atoms with Crippen LogP contribution >= 0.6 is 12.2 Å². The fraction of sp³-hybridized carbons (Fsp3) is 0.348. The Balaban J connectivity index is 1.71. The van der Waals surface area contributed by atoms with Crippen LogP contribution in [-0.4, -0.2) is 30.2 Å². The normalized spacial score (nSPS) is 10.2. The highest BCUT2D eigenvalue weighted by Gasteiger charge is 2.09. The third-order valence-electron chi connectivity index (χ3n) is 4.18. The number of benzene rings is 2. The summed E-state index contributed by atoms with van der Waals surface area (Å²) in [6.07, 6.45) is 2.65. The van der Waals surface area contributed by atoms with Crippen LogP contribution in [0.3, 0.4) is 0 Å². The molecule has 30 heavy (non-hydrogen) atoms. The molecule has 0 aliphatic carbocycles. The minimum Gasteiger partial charge on any atom is -0.494 e. The summed E-state index contributed by atoms with van der Waals surface area (Å²) in [4.78, 5) is 24.1. The quantitative estimate of drug-likeness (QED) is 0.327. The number of carbonyl (C=O) groups is 2. The lowest BCUT2D eigenvalue weighted by molar-refractivity contribution is -0.119. The first kappa shape index (κ1) is 23.3. The van der Waals surface area contributed by atoms with Crippen LogP contribution in [0.2, 0.25) is 0 Å². The van der Waals surface area contributed by atoms with E-state index in [-0.39, 0.29) is 23.4 Å². The summed E-state index contributed by atoms with van der Waals surface area (Å²) in [6, 6.07) is 14.6. The lowest BCUT2D eigenvalue weighted by atomic mass is 10.2. The maximum atomic E-state index is 12.1. The van der Waals surface area contributed by atoms with E-state index in [1.807, 2.05) is 38.1 Å². The van der Waals surface area contributed by atoms with Crippen molar-refractivity contribution in [2.24, 2.45) is 0 Å². The number of amides is 1. The summed E-state index contributed by atoms with van der Waals surface area (Å²) < 4.78 is 10.8. The summed E-state index contributed by atoms with van der Waals surface area (Å²) in [5.41, 5.74) is 2.20. The Hall–Kier alpha value is -2.93. The number of ether oxygens (including phenoxy) is 2. The van der Waals surface area contributed by atoms with Gasteiger partial charge < -0.3 is 20.1 Å². The van der Waals surface area contributed by atoms with Gasteiger partial charge in [0.05, 0.1) is 18.8 Å². The van der Waals surface area contributed by atoms with Crippen molar-refractivity contribution in [2.75, 3.05) is 18.5 Å². The zero-order valence-corrected chi connectivity index (χ0v) is 18.2. The molecular formula is C23H28N2O4S. The highest BCUT2D eigenvalue weighted by molar-refractivity contribution is 7.80. The molecule has 2 N–H and O–H groups in total. The molecule has 1 amide bonds. The van der Waals surface area contributed by atoms with Crippen LogP contribution in [0.25, 0.3) is 0 Å². The molecule has 160 valence electrons. The van der Waals surface area contributed by atoms with Crippen molar-refractivity contribution in [2.45, 2.75) is 39.5 Å². The Morgan fingerprint density at radius 2 is 1.80 bits per heavy atom. The maximum Gasteiger partial charge on any atom is 0.338 e. The maximum absolute atomic E-state index is 12.1. The van der Waals surface area contributed by atoms with Gasteiger partial charge in [-0.2, -0.15) is 0 Å². The molecule has 0 saturated carbocycles. The molecule has 0 saturated heterocycles. The number of carbonyl (C=O) groups excluding carboxylic acids is 2. The molecule has 0 aromatic heterocycles. The second-order valence-electron chi connectivity index (χ2n) is 6.84. The van der Waals surface area contributed by atoms with Crippen LogP contribution < -0.4 is 15.4 Å². The molecule has 6 nitrogen and oxygen atoms in total. The Labute approximate surface area is 183 Å². The minimum atomic E-state index is -0.379. The number of hydrogen-bond acceptors (Lipinski definition) is 5. The van der Waals surface area contributed by atoms with Crippen molar-refractivity contribution >= 4 is 34.9 Å². The fourth-order valence-corrected chi connectivity index (χ4v) is 2.76. The van der Waals surface area contributed by atoms with Gasteiger partial charge in [0.2, 0.25) is 5.91 Å². The molecule has 2 aromatic rings. The molecular weight excluding hydrogens is 400 g/mol. The van der Waals surface area contributed by atoms with Gasteiger partial charge in [0.1, 0.15) is 5.75 Å². The van der Waals surface area contributed by atoms with E-state index in [2.05, 4.69) is 10.6 Å². The van der Waals surface area contributed by atoms with Crippen LogP contribution in [0.4, 0.5) is 5.69 Å². The first-order valence-corrected chi connectivity index (χ1v) is 10.5. The molecule has 0 aliphatic rings.